The molecule has 1 aliphatic rings. The van der Waals surface area contributed by atoms with E-state index in [1.165, 1.54) is 24.0 Å². The monoisotopic (exact) mass is 386 g/mol. The maximum atomic E-state index is 12.9. The van der Waals surface area contributed by atoms with Crippen LogP contribution in [0.15, 0.2) is 24.3 Å². The molecule has 1 heterocycles. The fraction of sp³-hybridized carbons (Fsp3) is 0.667. The average molecular weight is 387 g/mol. The van der Waals surface area contributed by atoms with Gasteiger partial charge in [-0.2, -0.15) is 0 Å². The normalized spacial score (nSPS) is 16.2. The third kappa shape index (κ3) is 6.35. The summed E-state index contributed by atoms with van der Waals surface area (Å²) in [5, 5.41) is 3.29. The number of amides is 2. The molecule has 2 amide bonds. The molecule has 0 saturated carbocycles. The predicted octanol–water partition coefficient (Wildman–Crippen LogP) is 4.88. The van der Waals surface area contributed by atoms with Crippen LogP contribution < -0.4 is 5.32 Å². The van der Waals surface area contributed by atoms with Gasteiger partial charge in [0, 0.05) is 25.4 Å². The number of nitrogens with zero attached hydrogens (tertiary/aromatic N) is 1. The van der Waals surface area contributed by atoms with Crippen molar-refractivity contribution in [2.75, 3.05) is 13.1 Å². The Hall–Kier alpha value is -1.84. The first-order valence-electron chi connectivity index (χ1n) is 11.1. The summed E-state index contributed by atoms with van der Waals surface area (Å²) in [5.74, 6) is 0.702. The van der Waals surface area contributed by atoms with Crippen molar-refractivity contribution in [3.8, 4) is 0 Å². The third-order valence-electron chi connectivity index (χ3n) is 5.80. The number of benzene rings is 1. The summed E-state index contributed by atoms with van der Waals surface area (Å²) < 4.78 is 0. The highest BCUT2D eigenvalue weighted by Gasteiger charge is 2.29. The Morgan fingerprint density at radius 3 is 2.25 bits per heavy atom. The lowest BCUT2D eigenvalue weighted by Gasteiger charge is -2.33. The first-order chi connectivity index (χ1) is 13.5. The van der Waals surface area contributed by atoms with Gasteiger partial charge in [0.2, 0.25) is 11.8 Å². The number of carbonyl (C=O) groups excluding carboxylic acids is 2. The van der Waals surface area contributed by atoms with E-state index in [4.69, 9.17) is 0 Å². The van der Waals surface area contributed by atoms with Crippen LogP contribution in [0.5, 0.6) is 0 Å². The van der Waals surface area contributed by atoms with Gasteiger partial charge in [0.25, 0.3) is 0 Å². The molecule has 1 atom stereocenters. The molecular formula is C24H38N2O2. The Labute approximate surface area is 171 Å². The lowest BCUT2D eigenvalue weighted by molar-refractivity contribution is -0.136. The van der Waals surface area contributed by atoms with Crippen molar-refractivity contribution in [3.05, 3.63) is 35.4 Å². The van der Waals surface area contributed by atoms with Crippen molar-refractivity contribution in [1.29, 1.82) is 0 Å². The molecule has 1 aromatic carbocycles. The van der Waals surface area contributed by atoms with E-state index in [1.54, 1.807) is 0 Å². The first-order valence-corrected chi connectivity index (χ1v) is 11.1. The van der Waals surface area contributed by atoms with E-state index >= 15 is 0 Å². The number of carbonyl (C=O) groups is 2. The van der Waals surface area contributed by atoms with E-state index in [2.05, 4.69) is 50.4 Å². The van der Waals surface area contributed by atoms with Crippen LogP contribution in [0.3, 0.4) is 0 Å². The largest absolute Gasteiger partial charge is 0.349 e. The van der Waals surface area contributed by atoms with Gasteiger partial charge < -0.3 is 10.2 Å². The van der Waals surface area contributed by atoms with Crippen LogP contribution in [-0.2, 0) is 16.0 Å². The zero-order valence-electron chi connectivity index (χ0n) is 18.2. The summed E-state index contributed by atoms with van der Waals surface area (Å²) in [5.41, 5.74) is 2.54. The van der Waals surface area contributed by atoms with E-state index in [1.807, 2.05) is 11.8 Å². The molecule has 0 bridgehead atoms. The van der Waals surface area contributed by atoms with Crippen LogP contribution in [-0.4, -0.2) is 29.8 Å². The predicted molar refractivity (Wildman–Crippen MR) is 115 cm³/mol. The molecule has 1 saturated heterocycles. The molecule has 4 nitrogen and oxygen atoms in total. The van der Waals surface area contributed by atoms with Crippen molar-refractivity contribution >= 4 is 11.8 Å². The van der Waals surface area contributed by atoms with Gasteiger partial charge in [-0.15, -0.1) is 0 Å². The SMILES string of the molecule is CCCCc1ccc(C(NC(=O)C2CCN(C(=O)CCC)CC2)C(C)C)cc1. The second-order valence-electron chi connectivity index (χ2n) is 8.48. The van der Waals surface area contributed by atoms with Crippen molar-refractivity contribution in [2.24, 2.45) is 11.8 Å². The minimum Gasteiger partial charge on any atom is -0.349 e. The number of nitrogens with one attached hydrogen (secondary N) is 1. The molecule has 1 unspecified atom stereocenters. The highest BCUT2D eigenvalue weighted by Crippen LogP contribution is 2.25. The second kappa shape index (κ2) is 11.2. The van der Waals surface area contributed by atoms with Crippen LogP contribution in [0.25, 0.3) is 0 Å². The smallest absolute Gasteiger partial charge is 0.223 e. The van der Waals surface area contributed by atoms with E-state index in [9.17, 15) is 9.59 Å². The van der Waals surface area contributed by atoms with E-state index in [-0.39, 0.29) is 23.8 Å². The van der Waals surface area contributed by atoms with Crippen LogP contribution in [0.4, 0.5) is 0 Å². The van der Waals surface area contributed by atoms with Crippen LogP contribution in [0, 0.1) is 11.8 Å². The fourth-order valence-corrected chi connectivity index (χ4v) is 3.94. The van der Waals surface area contributed by atoms with Gasteiger partial charge >= 0.3 is 0 Å². The lowest BCUT2D eigenvalue weighted by Crippen LogP contribution is -2.44. The molecule has 0 aliphatic carbocycles. The number of piperidine rings is 1. The molecule has 2 rings (SSSR count). The first kappa shape index (κ1) is 22.4. The molecule has 28 heavy (non-hydrogen) atoms. The molecule has 4 heteroatoms. The van der Waals surface area contributed by atoms with Gasteiger partial charge in [-0.25, -0.2) is 0 Å². The summed E-state index contributed by atoms with van der Waals surface area (Å²) in [6.07, 6.45) is 6.56. The second-order valence-corrected chi connectivity index (χ2v) is 8.48. The van der Waals surface area contributed by atoms with Gasteiger partial charge in [-0.3, -0.25) is 9.59 Å². The number of aryl methyl sites for hydroxylation is 1. The topological polar surface area (TPSA) is 49.4 Å². The maximum Gasteiger partial charge on any atom is 0.223 e. The van der Waals surface area contributed by atoms with E-state index < -0.39 is 0 Å². The van der Waals surface area contributed by atoms with Gasteiger partial charge in [0.05, 0.1) is 6.04 Å². The Balaban J connectivity index is 1.93. The molecule has 1 N–H and O–H groups in total. The maximum absolute atomic E-state index is 12.9. The number of likely N-dealkylation sites (tertiary alicyclic amines) is 1. The van der Waals surface area contributed by atoms with Crippen LogP contribution in [0.2, 0.25) is 0 Å². The summed E-state index contributed by atoms with van der Waals surface area (Å²) in [7, 11) is 0. The van der Waals surface area contributed by atoms with Crippen molar-refractivity contribution in [3.63, 3.8) is 0 Å². The summed E-state index contributed by atoms with van der Waals surface area (Å²) in [6, 6.07) is 8.77. The lowest BCUT2D eigenvalue weighted by atomic mass is 9.91. The Morgan fingerprint density at radius 1 is 1.07 bits per heavy atom. The van der Waals surface area contributed by atoms with Gasteiger partial charge in [0.1, 0.15) is 0 Å². The molecule has 1 aliphatic heterocycles. The quantitative estimate of drug-likeness (QED) is 0.657. The zero-order chi connectivity index (χ0) is 20.5. The van der Waals surface area contributed by atoms with Crippen molar-refractivity contribution < 1.29 is 9.59 Å². The van der Waals surface area contributed by atoms with Gasteiger partial charge in [-0.1, -0.05) is 58.4 Å². The zero-order valence-corrected chi connectivity index (χ0v) is 18.2. The van der Waals surface area contributed by atoms with E-state index in [0.717, 1.165) is 25.7 Å². The Morgan fingerprint density at radius 2 is 1.71 bits per heavy atom. The minimum absolute atomic E-state index is 0.00996. The highest BCUT2D eigenvalue weighted by atomic mass is 16.2. The fourth-order valence-electron chi connectivity index (χ4n) is 3.94. The third-order valence-corrected chi connectivity index (χ3v) is 5.80. The van der Waals surface area contributed by atoms with Crippen LogP contribution >= 0.6 is 0 Å². The highest BCUT2D eigenvalue weighted by molar-refractivity contribution is 5.80. The summed E-state index contributed by atoms with van der Waals surface area (Å²) in [6.45, 7) is 9.96. The number of hydrogen-bond donors (Lipinski definition) is 1. The standard InChI is InChI=1S/C24H38N2O2/c1-5-7-9-19-10-12-20(13-11-19)23(18(3)4)25-24(28)21-14-16-26(17-15-21)22(27)8-6-2/h10-13,18,21,23H,5-9,14-17H2,1-4H3,(H,25,28). The van der Waals surface area contributed by atoms with Gasteiger partial charge in [-0.05, 0) is 49.1 Å². The molecule has 1 aromatic rings. The van der Waals surface area contributed by atoms with Gasteiger partial charge in [0.15, 0.2) is 0 Å². The Bertz CT molecular complexity index is 616. The molecule has 1 fully saturated rings. The number of hydrogen-bond acceptors (Lipinski definition) is 2. The van der Waals surface area contributed by atoms with Crippen molar-refractivity contribution in [1.82, 2.24) is 10.2 Å². The molecular weight excluding hydrogens is 348 g/mol. The van der Waals surface area contributed by atoms with E-state index in [0.29, 0.717) is 25.4 Å². The summed E-state index contributed by atoms with van der Waals surface area (Å²) in [4.78, 5) is 26.8. The average Bonchev–Trinajstić information content (AvgIpc) is 2.71. The molecule has 0 radical (unpaired) electrons. The summed E-state index contributed by atoms with van der Waals surface area (Å²) >= 11 is 0. The van der Waals surface area contributed by atoms with Crippen LogP contribution in [0.1, 0.15) is 83.4 Å². The number of rotatable bonds is 9. The molecule has 0 aromatic heterocycles. The Kier molecular flexibility index (Phi) is 9.01. The van der Waals surface area contributed by atoms with Crippen molar-refractivity contribution in [2.45, 2.75) is 78.7 Å². The molecule has 0 spiro atoms. The molecule has 156 valence electrons. The number of unbranched alkanes of at least 4 members (excludes halogenated alkanes) is 1. The minimum atomic E-state index is 0.00996.